The lowest BCUT2D eigenvalue weighted by molar-refractivity contribution is -0.121. The summed E-state index contributed by atoms with van der Waals surface area (Å²) in [6.45, 7) is 3.87. The molecule has 4 nitrogen and oxygen atoms in total. The third-order valence-electron chi connectivity index (χ3n) is 7.35. The van der Waals surface area contributed by atoms with Crippen LogP contribution in [0.3, 0.4) is 0 Å². The zero-order chi connectivity index (χ0) is 20.4. The maximum Gasteiger partial charge on any atom is 0.220 e. The number of likely N-dealkylation sites (tertiary alicyclic amines) is 1. The Labute approximate surface area is 179 Å². The fourth-order valence-corrected chi connectivity index (χ4v) is 5.94. The number of fused-ring (bicyclic) bond motifs is 1. The largest absolute Gasteiger partial charge is 0.370 e. The fourth-order valence-electron chi connectivity index (χ4n) is 5.94. The fraction of sp³-hybridized carbons (Fsp3) is 0.500. The van der Waals surface area contributed by atoms with E-state index in [1.54, 1.807) is 0 Å². The summed E-state index contributed by atoms with van der Waals surface area (Å²) < 4.78 is 6.54. The van der Waals surface area contributed by atoms with Gasteiger partial charge in [-0.1, -0.05) is 60.7 Å². The van der Waals surface area contributed by atoms with Gasteiger partial charge in [0.1, 0.15) is 0 Å². The van der Waals surface area contributed by atoms with Crippen LogP contribution in [-0.4, -0.2) is 42.1 Å². The molecule has 2 aromatic carbocycles. The molecule has 0 aliphatic carbocycles. The minimum Gasteiger partial charge on any atom is -0.370 e. The molecular weight excluding hydrogens is 372 g/mol. The van der Waals surface area contributed by atoms with Crippen molar-refractivity contribution in [2.24, 2.45) is 11.8 Å². The number of hydrogen-bond acceptors (Lipinski definition) is 3. The Hall–Kier alpha value is -2.17. The van der Waals surface area contributed by atoms with Crippen LogP contribution >= 0.6 is 0 Å². The Balaban J connectivity index is 1.12. The molecule has 5 rings (SSSR count). The van der Waals surface area contributed by atoms with E-state index in [9.17, 15) is 4.79 Å². The quantitative estimate of drug-likeness (QED) is 0.728. The molecule has 1 N–H and O–H groups in total. The number of benzene rings is 2. The van der Waals surface area contributed by atoms with Gasteiger partial charge in [-0.15, -0.1) is 0 Å². The van der Waals surface area contributed by atoms with Crippen molar-refractivity contribution in [2.75, 3.05) is 19.6 Å². The second kappa shape index (κ2) is 8.52. The summed E-state index contributed by atoms with van der Waals surface area (Å²) in [5.74, 6) is 1.18. The molecule has 4 atom stereocenters. The number of nitrogens with one attached hydrogen (secondary N) is 1. The van der Waals surface area contributed by atoms with E-state index >= 15 is 0 Å². The van der Waals surface area contributed by atoms with Crippen molar-refractivity contribution in [2.45, 2.75) is 50.4 Å². The van der Waals surface area contributed by atoms with Gasteiger partial charge in [0.15, 0.2) is 0 Å². The third kappa shape index (κ3) is 4.03. The molecule has 2 bridgehead atoms. The Bertz CT molecular complexity index is 856. The SMILES string of the molecule is O=C(CCCc1ccccc1)NC[C@H]1[C@H]2CN(Cc3ccccc3)C[C@]23CC[C@H]1O3. The van der Waals surface area contributed by atoms with Gasteiger partial charge in [0.25, 0.3) is 0 Å². The summed E-state index contributed by atoms with van der Waals surface area (Å²) in [6, 6.07) is 21.1. The first-order valence-electron chi connectivity index (χ1n) is 11.5. The average molecular weight is 405 g/mol. The Morgan fingerprint density at radius 2 is 1.80 bits per heavy atom. The summed E-state index contributed by atoms with van der Waals surface area (Å²) in [7, 11) is 0. The van der Waals surface area contributed by atoms with Crippen LogP contribution in [0.15, 0.2) is 60.7 Å². The average Bonchev–Trinajstić information content (AvgIpc) is 3.42. The molecule has 0 aromatic heterocycles. The molecule has 158 valence electrons. The van der Waals surface area contributed by atoms with Crippen LogP contribution < -0.4 is 5.32 Å². The summed E-state index contributed by atoms with van der Waals surface area (Å²) in [5.41, 5.74) is 2.70. The normalized spacial score (nSPS) is 29.8. The molecule has 30 heavy (non-hydrogen) atoms. The number of hydrogen-bond donors (Lipinski definition) is 1. The van der Waals surface area contributed by atoms with E-state index in [2.05, 4.69) is 64.8 Å². The minimum absolute atomic E-state index is 0.0299. The van der Waals surface area contributed by atoms with Crippen molar-refractivity contribution in [1.29, 1.82) is 0 Å². The van der Waals surface area contributed by atoms with Crippen molar-refractivity contribution in [3.63, 3.8) is 0 Å². The van der Waals surface area contributed by atoms with Crippen LogP contribution in [0.1, 0.15) is 36.8 Å². The van der Waals surface area contributed by atoms with Gasteiger partial charge in [-0.25, -0.2) is 0 Å². The molecule has 1 spiro atoms. The van der Waals surface area contributed by atoms with Crippen molar-refractivity contribution in [3.8, 4) is 0 Å². The van der Waals surface area contributed by atoms with E-state index in [0.29, 0.717) is 24.4 Å². The molecule has 3 fully saturated rings. The van der Waals surface area contributed by atoms with Crippen LogP contribution in [0.25, 0.3) is 0 Å². The first kappa shape index (κ1) is 19.8. The van der Waals surface area contributed by atoms with Gasteiger partial charge in [0, 0.05) is 44.4 Å². The molecule has 2 aromatic rings. The van der Waals surface area contributed by atoms with Gasteiger partial charge in [0.2, 0.25) is 5.91 Å². The second-order valence-electron chi connectivity index (χ2n) is 9.33. The molecule has 3 saturated heterocycles. The van der Waals surface area contributed by atoms with E-state index in [1.807, 2.05) is 6.07 Å². The lowest BCUT2D eigenvalue weighted by Crippen LogP contribution is -2.41. The highest BCUT2D eigenvalue weighted by molar-refractivity contribution is 5.75. The molecular formula is C26H32N2O2. The molecule has 4 heteroatoms. The monoisotopic (exact) mass is 404 g/mol. The minimum atomic E-state index is 0.0299. The highest BCUT2D eigenvalue weighted by Gasteiger charge is 2.62. The van der Waals surface area contributed by atoms with E-state index in [-0.39, 0.29) is 11.5 Å². The number of nitrogens with zero attached hydrogens (tertiary/aromatic N) is 1. The zero-order valence-corrected chi connectivity index (χ0v) is 17.6. The second-order valence-corrected chi connectivity index (χ2v) is 9.33. The van der Waals surface area contributed by atoms with Crippen molar-refractivity contribution >= 4 is 5.91 Å². The summed E-state index contributed by atoms with van der Waals surface area (Å²) in [4.78, 5) is 15.0. The van der Waals surface area contributed by atoms with Gasteiger partial charge in [-0.05, 0) is 36.8 Å². The number of amides is 1. The Morgan fingerprint density at radius 3 is 2.57 bits per heavy atom. The van der Waals surface area contributed by atoms with Crippen LogP contribution in [0, 0.1) is 11.8 Å². The Kier molecular flexibility index (Phi) is 5.62. The Morgan fingerprint density at radius 1 is 1.07 bits per heavy atom. The maximum atomic E-state index is 12.4. The lowest BCUT2D eigenvalue weighted by atomic mass is 9.73. The molecule has 0 unspecified atom stereocenters. The highest BCUT2D eigenvalue weighted by Crippen LogP contribution is 2.54. The first-order chi connectivity index (χ1) is 14.7. The van der Waals surface area contributed by atoms with Gasteiger partial charge in [0.05, 0.1) is 11.7 Å². The van der Waals surface area contributed by atoms with Crippen molar-refractivity contribution in [3.05, 3.63) is 71.8 Å². The zero-order valence-electron chi connectivity index (χ0n) is 17.6. The van der Waals surface area contributed by atoms with Crippen LogP contribution in [0.2, 0.25) is 0 Å². The highest BCUT2D eigenvalue weighted by atomic mass is 16.5. The van der Waals surface area contributed by atoms with E-state index in [4.69, 9.17) is 4.74 Å². The topological polar surface area (TPSA) is 41.6 Å². The van der Waals surface area contributed by atoms with E-state index in [1.165, 1.54) is 17.5 Å². The summed E-state index contributed by atoms with van der Waals surface area (Å²) >= 11 is 0. The van der Waals surface area contributed by atoms with Gasteiger partial charge < -0.3 is 10.1 Å². The number of carbonyl (C=O) groups is 1. The predicted octanol–water partition coefficient (Wildman–Crippen LogP) is 3.81. The van der Waals surface area contributed by atoms with E-state index < -0.39 is 0 Å². The smallest absolute Gasteiger partial charge is 0.220 e. The molecule has 1 amide bonds. The predicted molar refractivity (Wildman–Crippen MR) is 118 cm³/mol. The van der Waals surface area contributed by atoms with Crippen LogP contribution in [-0.2, 0) is 22.5 Å². The molecule has 3 heterocycles. The molecule has 0 saturated carbocycles. The van der Waals surface area contributed by atoms with Gasteiger partial charge in [-0.2, -0.15) is 0 Å². The van der Waals surface area contributed by atoms with E-state index in [0.717, 1.165) is 45.4 Å². The number of carbonyl (C=O) groups excluding carboxylic acids is 1. The maximum absolute atomic E-state index is 12.4. The first-order valence-corrected chi connectivity index (χ1v) is 11.5. The van der Waals surface area contributed by atoms with Gasteiger partial charge in [-0.3, -0.25) is 9.69 Å². The third-order valence-corrected chi connectivity index (χ3v) is 7.35. The molecule has 3 aliphatic heterocycles. The number of ether oxygens (including phenoxy) is 1. The van der Waals surface area contributed by atoms with Crippen molar-refractivity contribution in [1.82, 2.24) is 10.2 Å². The van der Waals surface area contributed by atoms with Crippen LogP contribution in [0.5, 0.6) is 0 Å². The standard InChI is InChI=1S/C26H32N2O2/c29-25(13-7-12-20-8-3-1-4-9-20)27-16-22-23-18-28(17-21-10-5-2-6-11-21)19-26(23)15-14-24(22)30-26/h1-6,8-11,22-24H,7,12-19H2,(H,27,29)/t22-,23+,24+,26+/m0/s1. The molecule has 0 radical (unpaired) electrons. The summed E-state index contributed by atoms with van der Waals surface area (Å²) in [5, 5.41) is 3.23. The molecule has 3 aliphatic rings. The van der Waals surface area contributed by atoms with Crippen LogP contribution in [0.4, 0.5) is 0 Å². The summed E-state index contributed by atoms with van der Waals surface area (Å²) in [6.07, 6.45) is 5.11. The number of aryl methyl sites for hydroxylation is 1. The number of rotatable bonds is 8. The van der Waals surface area contributed by atoms with Gasteiger partial charge >= 0.3 is 0 Å². The van der Waals surface area contributed by atoms with Crippen molar-refractivity contribution < 1.29 is 9.53 Å². The lowest BCUT2D eigenvalue weighted by Gasteiger charge is -2.29.